The van der Waals surface area contributed by atoms with Gasteiger partial charge in [-0.25, -0.2) is 4.79 Å². The molecule has 5 fully saturated rings. The van der Waals surface area contributed by atoms with Crippen LogP contribution in [0.3, 0.4) is 0 Å². The molecule has 0 unspecified atom stereocenters. The van der Waals surface area contributed by atoms with Crippen molar-refractivity contribution in [3.63, 3.8) is 0 Å². The third-order valence-electron chi connectivity index (χ3n) is 11.0. The highest BCUT2D eigenvalue weighted by Crippen LogP contribution is 2.90. The molecule has 6 aliphatic rings. The SMILES string of the molecule is CC(C)[C@@]1(O)[C@@H](OC(=O)c2ccc[nH]2)[C@]2(O)[C@@]3(CO)C[C@]4(O)O[C@@]5([C@@H](O)C(CO)=CC[C@]35O)[C@@]2(O)[C@@]14C. The Kier molecular flexibility index (Phi) is 4.56. The first kappa shape index (κ1) is 25.4. The lowest BCUT2D eigenvalue weighted by atomic mass is 9.52. The summed E-state index contributed by atoms with van der Waals surface area (Å²) in [5.74, 6) is -4.42. The molecule has 0 amide bonds. The zero-order valence-electron chi connectivity index (χ0n) is 20.7. The Bertz CT molecular complexity index is 1220. The molecule has 4 aliphatic carbocycles. The van der Waals surface area contributed by atoms with Gasteiger partial charge in [-0.1, -0.05) is 19.9 Å². The third-order valence-corrected chi connectivity index (χ3v) is 11.0. The summed E-state index contributed by atoms with van der Waals surface area (Å²) in [6.45, 7) is 2.60. The number of hydrogen-bond acceptors (Lipinski definition) is 11. The average Bonchev–Trinajstić information content (AvgIpc) is 3.47. The Morgan fingerprint density at radius 3 is 2.43 bits per heavy atom. The maximum Gasteiger partial charge on any atom is 0.355 e. The predicted octanol–water partition coefficient (Wildman–Crippen LogP) is -2.32. The smallest absolute Gasteiger partial charge is 0.355 e. The van der Waals surface area contributed by atoms with Crippen molar-refractivity contribution in [2.24, 2.45) is 16.7 Å². The maximum absolute atomic E-state index is 13.2. The fraction of sp³-hybridized carbons (Fsp3) is 0.720. The largest absolute Gasteiger partial charge is 0.451 e. The van der Waals surface area contributed by atoms with E-state index in [9.17, 15) is 45.6 Å². The molecule has 1 aromatic heterocycles. The number of nitrogens with one attached hydrogen (secondary N) is 1. The second kappa shape index (κ2) is 6.64. The Labute approximate surface area is 211 Å². The highest BCUT2D eigenvalue weighted by atomic mass is 16.7. The maximum atomic E-state index is 13.2. The van der Waals surface area contributed by atoms with Gasteiger partial charge < -0.3 is 55.3 Å². The van der Waals surface area contributed by atoms with Crippen molar-refractivity contribution in [2.45, 2.75) is 79.6 Å². The molecule has 2 aliphatic heterocycles. The summed E-state index contributed by atoms with van der Waals surface area (Å²) >= 11 is 0. The molecule has 7 rings (SSSR count). The van der Waals surface area contributed by atoms with Crippen LogP contribution in [-0.2, 0) is 9.47 Å². The Morgan fingerprint density at radius 1 is 1.22 bits per heavy atom. The van der Waals surface area contributed by atoms with E-state index in [0.29, 0.717) is 0 Å². The molecule has 12 nitrogen and oxygen atoms in total. The van der Waals surface area contributed by atoms with Gasteiger partial charge in [0.15, 0.2) is 17.5 Å². The number of ether oxygens (including phenoxy) is 2. The van der Waals surface area contributed by atoms with Crippen LogP contribution in [0.5, 0.6) is 0 Å². The van der Waals surface area contributed by atoms with Crippen molar-refractivity contribution >= 4 is 5.97 Å². The predicted molar refractivity (Wildman–Crippen MR) is 121 cm³/mol. The Balaban J connectivity index is 1.71. The lowest BCUT2D eigenvalue weighted by molar-refractivity contribution is -0.386. The number of esters is 1. The molecule has 204 valence electrons. The van der Waals surface area contributed by atoms with Crippen LogP contribution in [-0.4, -0.2) is 111 Å². The van der Waals surface area contributed by atoms with E-state index < -0.39 is 94.8 Å². The molecule has 0 aromatic carbocycles. The molecule has 1 spiro atoms. The molecule has 12 heteroatoms. The van der Waals surface area contributed by atoms with Crippen LogP contribution in [0.15, 0.2) is 30.0 Å². The van der Waals surface area contributed by atoms with E-state index in [1.807, 2.05) is 0 Å². The number of carbonyl (C=O) groups is 1. The first-order valence-corrected chi connectivity index (χ1v) is 12.4. The van der Waals surface area contributed by atoms with Gasteiger partial charge in [-0.3, -0.25) is 0 Å². The summed E-state index contributed by atoms with van der Waals surface area (Å²) in [5, 5.41) is 94.8. The van der Waals surface area contributed by atoms with Gasteiger partial charge in [0.25, 0.3) is 0 Å². The van der Waals surface area contributed by atoms with Gasteiger partial charge in [0, 0.05) is 12.6 Å². The highest BCUT2D eigenvalue weighted by molar-refractivity contribution is 5.87. The van der Waals surface area contributed by atoms with Crippen molar-refractivity contribution in [3.8, 4) is 0 Å². The number of carbonyl (C=O) groups excluding carboxylic acids is 1. The van der Waals surface area contributed by atoms with Gasteiger partial charge in [0.1, 0.15) is 34.2 Å². The summed E-state index contributed by atoms with van der Waals surface area (Å²) in [5.41, 5.74) is -17.8. The molecule has 3 saturated carbocycles. The molecular weight excluding hydrogens is 490 g/mol. The molecule has 10 atom stereocenters. The second-order valence-electron chi connectivity index (χ2n) is 11.9. The van der Waals surface area contributed by atoms with E-state index in [-0.39, 0.29) is 11.3 Å². The molecule has 2 saturated heterocycles. The minimum Gasteiger partial charge on any atom is -0.451 e. The van der Waals surface area contributed by atoms with Crippen LogP contribution in [0, 0.1) is 16.7 Å². The number of rotatable bonds is 5. The second-order valence-corrected chi connectivity index (χ2v) is 11.9. The Hall–Kier alpha value is -1.87. The van der Waals surface area contributed by atoms with E-state index in [0.717, 1.165) is 0 Å². The fourth-order valence-corrected chi connectivity index (χ4v) is 9.31. The zero-order chi connectivity index (χ0) is 27.2. The van der Waals surface area contributed by atoms with Crippen molar-refractivity contribution in [1.82, 2.24) is 4.98 Å². The van der Waals surface area contributed by atoms with Gasteiger partial charge in [-0.2, -0.15) is 0 Å². The van der Waals surface area contributed by atoms with Crippen molar-refractivity contribution in [1.29, 1.82) is 0 Å². The number of aromatic nitrogens is 1. The first-order chi connectivity index (χ1) is 17.1. The van der Waals surface area contributed by atoms with E-state index in [1.54, 1.807) is 0 Å². The van der Waals surface area contributed by atoms with Crippen molar-refractivity contribution < 1.29 is 55.1 Å². The van der Waals surface area contributed by atoms with Crippen LogP contribution in [0.2, 0.25) is 0 Å². The summed E-state index contributed by atoms with van der Waals surface area (Å²) in [6, 6.07) is 2.93. The van der Waals surface area contributed by atoms with E-state index in [4.69, 9.17) is 9.47 Å². The minimum absolute atomic E-state index is 0.0302. The number of aliphatic hydroxyl groups excluding tert-OH is 3. The lowest BCUT2D eigenvalue weighted by Gasteiger charge is -2.60. The van der Waals surface area contributed by atoms with Gasteiger partial charge in [0.05, 0.1) is 24.0 Å². The lowest BCUT2D eigenvalue weighted by Crippen LogP contribution is -2.74. The van der Waals surface area contributed by atoms with Crippen LogP contribution in [0.4, 0.5) is 0 Å². The van der Waals surface area contributed by atoms with Crippen LogP contribution in [0.25, 0.3) is 0 Å². The van der Waals surface area contributed by atoms with Crippen LogP contribution >= 0.6 is 0 Å². The summed E-state index contributed by atoms with van der Waals surface area (Å²) in [4.78, 5) is 15.9. The third kappa shape index (κ3) is 1.90. The fourth-order valence-electron chi connectivity index (χ4n) is 9.31. The molecule has 6 bridgehead atoms. The zero-order valence-corrected chi connectivity index (χ0v) is 20.7. The van der Waals surface area contributed by atoms with Crippen LogP contribution < -0.4 is 0 Å². The quantitative estimate of drug-likeness (QED) is 0.148. The molecule has 0 radical (unpaired) electrons. The topological polar surface area (TPSA) is 213 Å². The molecule has 9 N–H and O–H groups in total. The summed E-state index contributed by atoms with van der Waals surface area (Å²) in [6.07, 6.45) is -2.25. The number of aliphatic hydroxyl groups is 8. The van der Waals surface area contributed by atoms with Gasteiger partial charge in [0.2, 0.25) is 0 Å². The normalized spacial score (nSPS) is 55.1. The standard InChI is InChI=1S/C25H33NO11/c1-12(2)22(33)17(36-16(30)14-5-4-8-26-14)23(34)19(11-28)10-21(32)18(22,3)25(23,35)24(37-21)15(29)13(9-27)6-7-20(19,24)31/h4-6,8,12,15,17,26-29,31-35H,7,9-11H2,1-3H3/t15-,17+,18+,19+,20-,21-,22+,23-,24+,25+/m0/s1. The average molecular weight is 524 g/mol. The number of hydrogen-bond donors (Lipinski definition) is 9. The number of H-pyrrole nitrogens is 1. The van der Waals surface area contributed by atoms with Crippen LogP contribution in [0.1, 0.15) is 44.1 Å². The van der Waals surface area contributed by atoms with E-state index >= 15 is 0 Å². The van der Waals surface area contributed by atoms with Gasteiger partial charge in [-0.05, 0) is 37.0 Å². The molecule has 3 heterocycles. The molecule has 37 heavy (non-hydrogen) atoms. The molecular formula is C25H33NO11. The van der Waals surface area contributed by atoms with Crippen molar-refractivity contribution in [2.75, 3.05) is 13.2 Å². The van der Waals surface area contributed by atoms with Crippen molar-refractivity contribution in [3.05, 3.63) is 35.7 Å². The highest BCUT2D eigenvalue weighted by Gasteiger charge is 3.10. The van der Waals surface area contributed by atoms with Gasteiger partial charge >= 0.3 is 5.97 Å². The number of aromatic amines is 1. The summed E-state index contributed by atoms with van der Waals surface area (Å²) < 4.78 is 11.8. The Morgan fingerprint density at radius 2 is 1.89 bits per heavy atom. The first-order valence-electron chi connectivity index (χ1n) is 12.4. The molecule has 1 aromatic rings. The monoisotopic (exact) mass is 523 g/mol. The minimum atomic E-state index is -2.90. The summed E-state index contributed by atoms with van der Waals surface area (Å²) in [7, 11) is 0. The van der Waals surface area contributed by atoms with Gasteiger partial charge in [-0.15, -0.1) is 0 Å². The van der Waals surface area contributed by atoms with E-state index in [1.165, 1.54) is 45.2 Å². The van der Waals surface area contributed by atoms with E-state index in [2.05, 4.69) is 4.98 Å².